The highest BCUT2D eigenvalue weighted by Crippen LogP contribution is 2.29. The standard InChI is InChI=1S/C32H36Cl3N3O4S/c1-3-30(32(40)36-24-8-5-4-6-9-24)37(20-27-28(34)10-7-11-29(27)35)31(39)21-38(25-16-14-23(33)15-17-25)43(41,42)26-18-12-22(2)13-19-26/h7,10-19,24,30H,3-6,8-9,20-21H2,1-2H3,(H,36,40)/t30-/m0/s1. The lowest BCUT2D eigenvalue weighted by Gasteiger charge is -2.34. The molecule has 3 aromatic rings. The average Bonchev–Trinajstić information content (AvgIpc) is 2.98. The van der Waals surface area contributed by atoms with E-state index in [2.05, 4.69) is 5.32 Å². The van der Waals surface area contributed by atoms with Gasteiger partial charge in [-0.05, 0) is 74.7 Å². The molecule has 0 aliphatic heterocycles. The molecule has 1 fully saturated rings. The molecule has 0 saturated heterocycles. The summed E-state index contributed by atoms with van der Waals surface area (Å²) in [6.45, 7) is 3.04. The van der Waals surface area contributed by atoms with Gasteiger partial charge in [0.25, 0.3) is 10.0 Å². The number of hydrogen-bond acceptors (Lipinski definition) is 4. The van der Waals surface area contributed by atoms with E-state index < -0.39 is 28.5 Å². The first-order chi connectivity index (χ1) is 20.5. The van der Waals surface area contributed by atoms with E-state index in [0.29, 0.717) is 27.1 Å². The minimum absolute atomic E-state index is 0.0311. The lowest BCUT2D eigenvalue weighted by atomic mass is 9.95. The van der Waals surface area contributed by atoms with Crippen molar-refractivity contribution in [2.24, 2.45) is 0 Å². The minimum Gasteiger partial charge on any atom is -0.352 e. The first kappa shape index (κ1) is 33.1. The van der Waals surface area contributed by atoms with Gasteiger partial charge >= 0.3 is 0 Å². The molecule has 0 heterocycles. The summed E-state index contributed by atoms with van der Waals surface area (Å²) in [5.41, 5.74) is 1.63. The van der Waals surface area contributed by atoms with Gasteiger partial charge in [0.2, 0.25) is 11.8 Å². The smallest absolute Gasteiger partial charge is 0.264 e. The van der Waals surface area contributed by atoms with Crippen LogP contribution >= 0.6 is 34.8 Å². The molecular weight excluding hydrogens is 629 g/mol. The normalized spacial score (nSPS) is 14.6. The van der Waals surface area contributed by atoms with Crippen molar-refractivity contribution < 1.29 is 18.0 Å². The highest BCUT2D eigenvalue weighted by molar-refractivity contribution is 7.92. The van der Waals surface area contributed by atoms with Crippen molar-refractivity contribution in [3.05, 3.63) is 92.9 Å². The van der Waals surface area contributed by atoms with Crippen LogP contribution in [0, 0.1) is 6.92 Å². The summed E-state index contributed by atoms with van der Waals surface area (Å²) in [4.78, 5) is 29.4. The molecule has 1 aliphatic carbocycles. The molecule has 43 heavy (non-hydrogen) atoms. The zero-order chi connectivity index (χ0) is 31.1. The average molecular weight is 665 g/mol. The number of nitrogens with zero attached hydrogens (tertiary/aromatic N) is 2. The van der Waals surface area contributed by atoms with Gasteiger partial charge in [-0.15, -0.1) is 0 Å². The molecule has 0 bridgehead atoms. The zero-order valence-electron chi connectivity index (χ0n) is 24.2. The van der Waals surface area contributed by atoms with E-state index in [4.69, 9.17) is 34.8 Å². The van der Waals surface area contributed by atoms with Crippen LogP contribution in [-0.2, 0) is 26.2 Å². The Morgan fingerprint density at radius 1 is 0.907 bits per heavy atom. The van der Waals surface area contributed by atoms with Crippen LogP contribution in [0.2, 0.25) is 15.1 Å². The van der Waals surface area contributed by atoms with Gasteiger partial charge in [-0.25, -0.2) is 8.42 Å². The number of nitrogens with one attached hydrogen (secondary N) is 1. The number of amides is 2. The van der Waals surface area contributed by atoms with Crippen LogP contribution in [0.4, 0.5) is 5.69 Å². The fourth-order valence-electron chi connectivity index (χ4n) is 5.29. The number of hydrogen-bond donors (Lipinski definition) is 1. The topological polar surface area (TPSA) is 86.8 Å². The van der Waals surface area contributed by atoms with E-state index in [9.17, 15) is 18.0 Å². The second kappa shape index (κ2) is 14.8. The predicted octanol–water partition coefficient (Wildman–Crippen LogP) is 7.41. The summed E-state index contributed by atoms with van der Waals surface area (Å²) in [5, 5.41) is 4.23. The number of aryl methyl sites for hydroxylation is 1. The molecule has 1 N–H and O–H groups in total. The Kier molecular flexibility index (Phi) is 11.4. The van der Waals surface area contributed by atoms with Crippen LogP contribution < -0.4 is 9.62 Å². The largest absolute Gasteiger partial charge is 0.352 e. The molecule has 1 aliphatic rings. The molecule has 0 aromatic heterocycles. The highest BCUT2D eigenvalue weighted by atomic mass is 35.5. The van der Waals surface area contributed by atoms with Crippen molar-refractivity contribution in [1.82, 2.24) is 10.2 Å². The van der Waals surface area contributed by atoms with Crippen LogP contribution in [0.25, 0.3) is 0 Å². The number of carbonyl (C=O) groups excluding carboxylic acids is 2. The van der Waals surface area contributed by atoms with Crippen molar-refractivity contribution in [3.63, 3.8) is 0 Å². The first-order valence-electron chi connectivity index (χ1n) is 14.4. The summed E-state index contributed by atoms with van der Waals surface area (Å²) >= 11 is 19.1. The molecule has 4 rings (SSSR count). The molecule has 1 atom stereocenters. The third-order valence-corrected chi connectivity index (χ3v) is 10.5. The number of rotatable bonds is 11. The highest BCUT2D eigenvalue weighted by Gasteiger charge is 2.35. The van der Waals surface area contributed by atoms with Crippen molar-refractivity contribution >= 4 is 62.3 Å². The summed E-state index contributed by atoms with van der Waals surface area (Å²) in [7, 11) is -4.19. The lowest BCUT2D eigenvalue weighted by Crippen LogP contribution is -2.54. The molecule has 0 radical (unpaired) electrons. The number of benzene rings is 3. The monoisotopic (exact) mass is 663 g/mol. The second-order valence-electron chi connectivity index (χ2n) is 10.8. The summed E-state index contributed by atoms with van der Waals surface area (Å²) in [6.07, 6.45) is 5.27. The zero-order valence-corrected chi connectivity index (χ0v) is 27.3. The van der Waals surface area contributed by atoms with Gasteiger partial charge in [0.05, 0.1) is 10.6 Å². The van der Waals surface area contributed by atoms with Crippen LogP contribution in [0.15, 0.2) is 71.6 Å². The van der Waals surface area contributed by atoms with Crippen LogP contribution in [0.3, 0.4) is 0 Å². The van der Waals surface area contributed by atoms with Crippen molar-refractivity contribution in [1.29, 1.82) is 0 Å². The molecule has 3 aromatic carbocycles. The maximum atomic E-state index is 14.3. The Balaban J connectivity index is 1.73. The van der Waals surface area contributed by atoms with Crippen LogP contribution in [-0.4, -0.2) is 43.8 Å². The number of halogens is 3. The maximum Gasteiger partial charge on any atom is 0.264 e. The summed E-state index contributed by atoms with van der Waals surface area (Å²) in [6, 6.07) is 16.8. The Morgan fingerprint density at radius 3 is 2.09 bits per heavy atom. The Hall–Kier alpha value is -2.78. The van der Waals surface area contributed by atoms with E-state index in [0.717, 1.165) is 42.0 Å². The summed E-state index contributed by atoms with van der Waals surface area (Å²) in [5.74, 6) is -0.863. The molecule has 2 amide bonds. The lowest BCUT2D eigenvalue weighted by molar-refractivity contribution is -0.140. The SMILES string of the molecule is CC[C@@H](C(=O)NC1CCCCC1)N(Cc1c(Cl)cccc1Cl)C(=O)CN(c1ccc(Cl)cc1)S(=O)(=O)c1ccc(C)cc1. The first-order valence-corrected chi connectivity index (χ1v) is 17.0. The molecular formula is C32H36Cl3N3O4S. The van der Waals surface area contributed by atoms with Gasteiger partial charge in [0, 0.05) is 33.2 Å². The van der Waals surface area contributed by atoms with E-state index in [1.165, 1.54) is 17.0 Å². The van der Waals surface area contributed by atoms with E-state index in [1.807, 2.05) is 13.8 Å². The van der Waals surface area contributed by atoms with Crippen LogP contribution in [0.5, 0.6) is 0 Å². The maximum absolute atomic E-state index is 14.3. The molecule has 1 saturated carbocycles. The van der Waals surface area contributed by atoms with Crippen LogP contribution in [0.1, 0.15) is 56.6 Å². The van der Waals surface area contributed by atoms with Crippen molar-refractivity contribution in [2.45, 2.75) is 75.9 Å². The molecule has 0 unspecified atom stereocenters. The van der Waals surface area contributed by atoms with Crippen molar-refractivity contribution in [2.75, 3.05) is 10.8 Å². The Bertz CT molecular complexity index is 1510. The van der Waals surface area contributed by atoms with E-state index in [-0.39, 0.29) is 29.1 Å². The fourth-order valence-corrected chi connectivity index (χ4v) is 7.35. The predicted molar refractivity (Wildman–Crippen MR) is 173 cm³/mol. The number of carbonyl (C=O) groups is 2. The fraction of sp³-hybridized carbons (Fsp3) is 0.375. The van der Waals surface area contributed by atoms with Gasteiger partial charge in [-0.1, -0.05) is 84.8 Å². The third-order valence-electron chi connectivity index (χ3n) is 7.73. The second-order valence-corrected chi connectivity index (χ2v) is 13.9. The van der Waals surface area contributed by atoms with Gasteiger partial charge in [-0.3, -0.25) is 13.9 Å². The molecule has 230 valence electrons. The van der Waals surface area contributed by atoms with E-state index >= 15 is 0 Å². The quantitative estimate of drug-likeness (QED) is 0.231. The minimum atomic E-state index is -4.19. The molecule has 0 spiro atoms. The molecule has 11 heteroatoms. The van der Waals surface area contributed by atoms with E-state index in [1.54, 1.807) is 54.6 Å². The van der Waals surface area contributed by atoms with Gasteiger partial charge < -0.3 is 10.2 Å². The third kappa shape index (κ3) is 8.24. The van der Waals surface area contributed by atoms with Gasteiger partial charge in [-0.2, -0.15) is 0 Å². The number of anilines is 1. The number of sulfonamides is 1. The molecule has 7 nitrogen and oxygen atoms in total. The Labute approximate surface area is 269 Å². The Morgan fingerprint density at radius 2 is 1.51 bits per heavy atom. The van der Waals surface area contributed by atoms with Gasteiger partial charge in [0.1, 0.15) is 12.6 Å². The van der Waals surface area contributed by atoms with Gasteiger partial charge in [0.15, 0.2) is 0 Å². The summed E-state index contributed by atoms with van der Waals surface area (Å²) < 4.78 is 29.0. The van der Waals surface area contributed by atoms with Crippen molar-refractivity contribution in [3.8, 4) is 0 Å².